The lowest BCUT2D eigenvalue weighted by molar-refractivity contribution is -0.140. The molecule has 1 aromatic heterocycles. The molecule has 1 aromatic carbocycles. The van der Waals surface area contributed by atoms with E-state index in [9.17, 15) is 9.59 Å². The van der Waals surface area contributed by atoms with Crippen molar-refractivity contribution >= 4 is 11.8 Å². The summed E-state index contributed by atoms with van der Waals surface area (Å²) in [5.74, 6) is 0.531. The SMILES string of the molecule is O=C(c1cccnn1)N1CC[C@@H]2[C@@H](CCC(=O)N2CCc2ccccc2)C1. The van der Waals surface area contributed by atoms with Gasteiger partial charge in [-0.15, -0.1) is 5.10 Å². The third-order valence-electron chi connectivity index (χ3n) is 5.71. The second-order valence-electron chi connectivity index (χ2n) is 7.34. The van der Waals surface area contributed by atoms with E-state index in [0.29, 0.717) is 31.1 Å². The Kier molecular flexibility index (Phi) is 5.14. The largest absolute Gasteiger partial charge is 0.339 e. The zero-order valence-corrected chi connectivity index (χ0v) is 15.3. The number of fused-ring (bicyclic) bond motifs is 1. The highest BCUT2D eigenvalue weighted by atomic mass is 16.2. The molecule has 0 saturated carbocycles. The van der Waals surface area contributed by atoms with Crippen molar-refractivity contribution in [1.82, 2.24) is 20.0 Å². The average Bonchev–Trinajstić information content (AvgIpc) is 2.73. The predicted molar refractivity (Wildman–Crippen MR) is 101 cm³/mol. The summed E-state index contributed by atoms with van der Waals surface area (Å²) in [5, 5.41) is 7.75. The molecule has 2 atom stereocenters. The lowest BCUT2D eigenvalue weighted by Gasteiger charge is -2.47. The van der Waals surface area contributed by atoms with Crippen LogP contribution < -0.4 is 0 Å². The Bertz CT molecular complexity index is 796. The van der Waals surface area contributed by atoms with E-state index in [-0.39, 0.29) is 17.9 Å². The van der Waals surface area contributed by atoms with E-state index in [1.54, 1.807) is 18.3 Å². The Morgan fingerprint density at radius 2 is 1.96 bits per heavy atom. The summed E-state index contributed by atoms with van der Waals surface area (Å²) in [7, 11) is 0. The maximum atomic E-state index is 12.7. The number of benzene rings is 1. The number of hydrogen-bond donors (Lipinski definition) is 0. The Morgan fingerprint density at radius 3 is 2.74 bits per heavy atom. The molecule has 0 radical (unpaired) electrons. The number of nitrogens with zero attached hydrogens (tertiary/aromatic N) is 4. The van der Waals surface area contributed by atoms with Crippen LogP contribution in [-0.2, 0) is 11.2 Å². The van der Waals surface area contributed by atoms with Gasteiger partial charge in [-0.1, -0.05) is 30.3 Å². The number of rotatable bonds is 4. The van der Waals surface area contributed by atoms with Crippen molar-refractivity contribution in [3.8, 4) is 0 Å². The topological polar surface area (TPSA) is 66.4 Å². The van der Waals surface area contributed by atoms with Crippen molar-refractivity contribution in [1.29, 1.82) is 0 Å². The van der Waals surface area contributed by atoms with Gasteiger partial charge in [0.15, 0.2) is 5.69 Å². The van der Waals surface area contributed by atoms with E-state index in [4.69, 9.17) is 0 Å². The van der Waals surface area contributed by atoms with Gasteiger partial charge in [-0.2, -0.15) is 5.10 Å². The molecule has 6 nitrogen and oxygen atoms in total. The Morgan fingerprint density at radius 1 is 1.11 bits per heavy atom. The van der Waals surface area contributed by atoms with E-state index in [1.807, 2.05) is 23.1 Å². The van der Waals surface area contributed by atoms with E-state index in [1.165, 1.54) is 5.56 Å². The quantitative estimate of drug-likeness (QED) is 0.834. The van der Waals surface area contributed by atoms with Crippen LogP contribution in [0.25, 0.3) is 0 Å². The molecule has 3 heterocycles. The average molecular weight is 364 g/mol. The fourth-order valence-corrected chi connectivity index (χ4v) is 4.30. The number of hydrogen-bond acceptors (Lipinski definition) is 4. The molecule has 0 bridgehead atoms. The Hall–Kier alpha value is -2.76. The number of carbonyl (C=O) groups is 2. The minimum Gasteiger partial charge on any atom is -0.339 e. The zero-order valence-electron chi connectivity index (χ0n) is 15.3. The van der Waals surface area contributed by atoms with Crippen LogP contribution in [0.3, 0.4) is 0 Å². The van der Waals surface area contributed by atoms with Crippen LogP contribution >= 0.6 is 0 Å². The van der Waals surface area contributed by atoms with Gasteiger partial charge in [0.25, 0.3) is 5.91 Å². The molecule has 140 valence electrons. The summed E-state index contributed by atoms with van der Waals surface area (Å²) in [5.41, 5.74) is 1.64. The second-order valence-corrected chi connectivity index (χ2v) is 7.34. The van der Waals surface area contributed by atoms with Crippen LogP contribution in [0, 0.1) is 5.92 Å². The molecule has 4 rings (SSSR count). The van der Waals surface area contributed by atoms with Crippen molar-refractivity contribution in [2.75, 3.05) is 19.6 Å². The van der Waals surface area contributed by atoms with Crippen molar-refractivity contribution in [2.24, 2.45) is 5.92 Å². The van der Waals surface area contributed by atoms with E-state index in [0.717, 1.165) is 25.8 Å². The molecule has 0 spiro atoms. The summed E-state index contributed by atoms with van der Waals surface area (Å²) in [6.45, 7) is 2.10. The molecule has 2 aliphatic heterocycles. The minimum absolute atomic E-state index is 0.0608. The van der Waals surface area contributed by atoms with Gasteiger partial charge in [0.05, 0.1) is 0 Å². The molecule has 6 heteroatoms. The van der Waals surface area contributed by atoms with Crippen LogP contribution in [0.1, 0.15) is 35.3 Å². The standard InChI is InChI=1S/C21H24N4O2/c26-20-9-8-17-15-24(21(27)18-7-4-12-22-23-18)13-11-19(17)25(20)14-10-16-5-2-1-3-6-16/h1-7,12,17,19H,8-11,13-15H2/t17-,19+/m0/s1. The van der Waals surface area contributed by atoms with Crippen molar-refractivity contribution in [3.63, 3.8) is 0 Å². The first-order chi connectivity index (χ1) is 13.2. The lowest BCUT2D eigenvalue weighted by atomic mass is 9.83. The predicted octanol–water partition coefficient (Wildman–Crippen LogP) is 2.17. The van der Waals surface area contributed by atoms with Crippen LogP contribution in [0.15, 0.2) is 48.7 Å². The van der Waals surface area contributed by atoms with Crippen molar-refractivity contribution < 1.29 is 9.59 Å². The van der Waals surface area contributed by atoms with Gasteiger partial charge in [0.2, 0.25) is 5.91 Å². The summed E-state index contributed by atoms with van der Waals surface area (Å²) < 4.78 is 0. The minimum atomic E-state index is -0.0608. The highest BCUT2D eigenvalue weighted by Gasteiger charge is 2.40. The van der Waals surface area contributed by atoms with Gasteiger partial charge in [-0.3, -0.25) is 9.59 Å². The molecule has 2 aromatic rings. The van der Waals surface area contributed by atoms with Gasteiger partial charge >= 0.3 is 0 Å². The number of piperidine rings is 2. The number of likely N-dealkylation sites (tertiary alicyclic amines) is 2. The number of amides is 2. The lowest BCUT2D eigenvalue weighted by Crippen LogP contribution is -2.57. The van der Waals surface area contributed by atoms with Crippen molar-refractivity contribution in [3.05, 3.63) is 59.9 Å². The van der Waals surface area contributed by atoms with Crippen LogP contribution in [0.5, 0.6) is 0 Å². The van der Waals surface area contributed by atoms with Gasteiger partial charge in [-0.05, 0) is 42.9 Å². The number of carbonyl (C=O) groups excluding carboxylic acids is 2. The highest BCUT2D eigenvalue weighted by molar-refractivity contribution is 5.92. The smallest absolute Gasteiger partial charge is 0.274 e. The number of aromatic nitrogens is 2. The molecule has 2 amide bonds. The fourth-order valence-electron chi connectivity index (χ4n) is 4.30. The van der Waals surface area contributed by atoms with Crippen LogP contribution in [-0.4, -0.2) is 57.5 Å². The monoisotopic (exact) mass is 364 g/mol. The maximum absolute atomic E-state index is 12.7. The summed E-state index contributed by atoms with van der Waals surface area (Å²) in [4.78, 5) is 29.1. The van der Waals surface area contributed by atoms with Crippen LogP contribution in [0.2, 0.25) is 0 Å². The van der Waals surface area contributed by atoms with Gasteiger partial charge < -0.3 is 9.80 Å². The fraction of sp³-hybridized carbons (Fsp3) is 0.429. The molecule has 0 unspecified atom stereocenters. The van der Waals surface area contributed by atoms with Gasteiger partial charge in [0, 0.05) is 38.3 Å². The summed E-state index contributed by atoms with van der Waals surface area (Å²) >= 11 is 0. The highest BCUT2D eigenvalue weighted by Crippen LogP contribution is 2.32. The molecule has 2 aliphatic rings. The molecular formula is C21H24N4O2. The van der Waals surface area contributed by atoms with E-state index >= 15 is 0 Å². The Labute approximate surface area is 159 Å². The Balaban J connectivity index is 1.41. The van der Waals surface area contributed by atoms with E-state index < -0.39 is 0 Å². The second kappa shape index (κ2) is 7.86. The summed E-state index contributed by atoms with van der Waals surface area (Å²) in [6, 6.07) is 14.0. The van der Waals surface area contributed by atoms with Crippen molar-refractivity contribution in [2.45, 2.75) is 31.7 Å². The first-order valence-corrected chi connectivity index (χ1v) is 9.63. The zero-order chi connectivity index (χ0) is 18.6. The van der Waals surface area contributed by atoms with E-state index in [2.05, 4.69) is 27.2 Å². The molecule has 0 aliphatic carbocycles. The van der Waals surface area contributed by atoms with Crippen LogP contribution in [0.4, 0.5) is 0 Å². The molecule has 2 saturated heterocycles. The van der Waals surface area contributed by atoms with Gasteiger partial charge in [-0.25, -0.2) is 0 Å². The molecule has 27 heavy (non-hydrogen) atoms. The molecule has 0 N–H and O–H groups in total. The third kappa shape index (κ3) is 3.84. The maximum Gasteiger partial charge on any atom is 0.274 e. The summed E-state index contributed by atoms with van der Waals surface area (Å²) in [6.07, 6.45) is 4.70. The normalized spacial score (nSPS) is 22.4. The van der Waals surface area contributed by atoms with Gasteiger partial charge in [0.1, 0.15) is 0 Å². The molecular weight excluding hydrogens is 340 g/mol. The first kappa shape index (κ1) is 17.6. The third-order valence-corrected chi connectivity index (χ3v) is 5.71. The first-order valence-electron chi connectivity index (χ1n) is 9.63. The molecule has 2 fully saturated rings.